The van der Waals surface area contributed by atoms with Crippen LogP contribution in [-0.4, -0.2) is 32.4 Å². The van der Waals surface area contributed by atoms with Gasteiger partial charge in [0.05, 0.1) is 0 Å². The summed E-state index contributed by atoms with van der Waals surface area (Å²) in [6.07, 6.45) is 3.50. The van der Waals surface area contributed by atoms with Crippen molar-refractivity contribution in [3.05, 3.63) is 29.6 Å². The SMILES string of the molecule is CCC1CCCCN1S(=O)(=O)c1ccc(CNC)cc1F. The predicted octanol–water partition coefficient (Wildman–Crippen LogP) is 2.50. The summed E-state index contributed by atoms with van der Waals surface area (Å²) in [5.74, 6) is -0.664. The van der Waals surface area contributed by atoms with Gasteiger partial charge in [-0.05, 0) is 44.0 Å². The Labute approximate surface area is 126 Å². The maximum atomic E-state index is 14.2. The summed E-state index contributed by atoms with van der Waals surface area (Å²) in [6.45, 7) is 2.97. The van der Waals surface area contributed by atoms with Crippen LogP contribution in [0.5, 0.6) is 0 Å². The van der Waals surface area contributed by atoms with Crippen LogP contribution >= 0.6 is 0 Å². The first-order valence-corrected chi connectivity index (χ1v) is 8.89. The third-order valence-electron chi connectivity index (χ3n) is 4.01. The molecule has 1 aliphatic rings. The van der Waals surface area contributed by atoms with Crippen LogP contribution in [-0.2, 0) is 16.6 Å². The molecular weight excluding hydrogens is 291 g/mol. The number of halogens is 1. The van der Waals surface area contributed by atoms with E-state index in [0.29, 0.717) is 13.1 Å². The Morgan fingerprint density at radius 1 is 1.38 bits per heavy atom. The Morgan fingerprint density at radius 3 is 2.76 bits per heavy atom. The molecule has 0 spiro atoms. The number of nitrogens with zero attached hydrogens (tertiary/aromatic N) is 1. The Balaban J connectivity index is 2.34. The zero-order chi connectivity index (χ0) is 15.5. The maximum absolute atomic E-state index is 14.2. The van der Waals surface area contributed by atoms with Crippen LogP contribution in [0.25, 0.3) is 0 Å². The van der Waals surface area contributed by atoms with Gasteiger partial charge in [0.25, 0.3) is 0 Å². The number of hydrogen-bond acceptors (Lipinski definition) is 3. The van der Waals surface area contributed by atoms with Gasteiger partial charge in [0, 0.05) is 19.1 Å². The van der Waals surface area contributed by atoms with Crippen molar-refractivity contribution >= 4 is 10.0 Å². The van der Waals surface area contributed by atoms with E-state index < -0.39 is 15.8 Å². The molecule has 0 aliphatic carbocycles. The van der Waals surface area contributed by atoms with Crippen molar-refractivity contribution in [2.24, 2.45) is 0 Å². The first kappa shape index (κ1) is 16.4. The fourth-order valence-corrected chi connectivity index (χ4v) is 4.71. The molecule has 0 amide bonds. The fourth-order valence-electron chi connectivity index (χ4n) is 2.89. The van der Waals surface area contributed by atoms with Gasteiger partial charge in [-0.15, -0.1) is 0 Å². The van der Waals surface area contributed by atoms with Crippen molar-refractivity contribution in [3.63, 3.8) is 0 Å². The van der Waals surface area contributed by atoms with Crippen molar-refractivity contribution in [1.82, 2.24) is 9.62 Å². The second kappa shape index (κ2) is 6.85. The molecule has 1 aliphatic heterocycles. The van der Waals surface area contributed by atoms with Crippen LogP contribution in [0.15, 0.2) is 23.1 Å². The Kier molecular flexibility index (Phi) is 5.35. The first-order chi connectivity index (χ1) is 10.0. The second-order valence-corrected chi connectivity index (χ2v) is 7.33. The molecule has 1 aromatic carbocycles. The lowest BCUT2D eigenvalue weighted by Crippen LogP contribution is -2.43. The number of rotatable bonds is 5. The molecule has 1 aromatic rings. The first-order valence-electron chi connectivity index (χ1n) is 7.45. The van der Waals surface area contributed by atoms with Crippen LogP contribution in [0.1, 0.15) is 38.2 Å². The smallest absolute Gasteiger partial charge is 0.246 e. The molecule has 21 heavy (non-hydrogen) atoms. The van der Waals surface area contributed by atoms with Gasteiger partial charge in [0.15, 0.2) is 0 Å². The van der Waals surface area contributed by atoms with E-state index in [1.165, 1.54) is 16.4 Å². The average molecular weight is 314 g/mol. The monoisotopic (exact) mass is 314 g/mol. The van der Waals surface area contributed by atoms with Crippen molar-refractivity contribution < 1.29 is 12.8 Å². The van der Waals surface area contributed by atoms with Crippen LogP contribution in [0.3, 0.4) is 0 Å². The minimum absolute atomic E-state index is 0.0138. The standard InChI is InChI=1S/C15H23FN2O2S/c1-3-13-6-4-5-9-18(13)21(19,20)15-8-7-12(11-17-2)10-14(15)16/h7-8,10,13,17H,3-6,9,11H2,1-2H3. The Morgan fingerprint density at radius 2 is 2.14 bits per heavy atom. The lowest BCUT2D eigenvalue weighted by molar-refractivity contribution is 0.246. The van der Waals surface area contributed by atoms with Gasteiger partial charge >= 0.3 is 0 Å². The van der Waals surface area contributed by atoms with Crippen LogP contribution in [0, 0.1) is 5.82 Å². The van der Waals surface area contributed by atoms with E-state index in [-0.39, 0.29) is 10.9 Å². The van der Waals surface area contributed by atoms with Gasteiger partial charge in [0.1, 0.15) is 10.7 Å². The van der Waals surface area contributed by atoms with Gasteiger partial charge in [-0.2, -0.15) is 4.31 Å². The van der Waals surface area contributed by atoms with E-state index in [1.807, 2.05) is 6.92 Å². The Bertz CT molecular complexity index is 589. The van der Waals surface area contributed by atoms with E-state index in [9.17, 15) is 12.8 Å². The molecule has 0 saturated carbocycles. The zero-order valence-corrected chi connectivity index (χ0v) is 13.4. The minimum Gasteiger partial charge on any atom is -0.316 e. The molecular formula is C15H23FN2O2S. The highest BCUT2D eigenvalue weighted by Gasteiger charge is 2.34. The summed E-state index contributed by atoms with van der Waals surface area (Å²) < 4.78 is 41.1. The molecule has 118 valence electrons. The van der Waals surface area contributed by atoms with E-state index in [4.69, 9.17) is 0 Å². The molecule has 1 unspecified atom stereocenters. The number of piperidine rings is 1. The molecule has 6 heteroatoms. The lowest BCUT2D eigenvalue weighted by atomic mass is 10.0. The number of hydrogen-bond donors (Lipinski definition) is 1. The molecule has 1 N–H and O–H groups in total. The summed E-state index contributed by atoms with van der Waals surface area (Å²) in [4.78, 5) is -0.206. The molecule has 2 rings (SSSR count). The zero-order valence-electron chi connectivity index (χ0n) is 12.6. The molecule has 0 radical (unpaired) electrons. The highest BCUT2D eigenvalue weighted by Crippen LogP contribution is 2.28. The highest BCUT2D eigenvalue weighted by atomic mass is 32.2. The molecule has 0 aromatic heterocycles. The normalized spacial score (nSPS) is 20.6. The fraction of sp³-hybridized carbons (Fsp3) is 0.600. The second-order valence-electron chi connectivity index (χ2n) is 5.47. The number of nitrogens with one attached hydrogen (secondary N) is 1. The van der Waals surface area contributed by atoms with Gasteiger partial charge in [0.2, 0.25) is 10.0 Å². The summed E-state index contributed by atoms with van der Waals surface area (Å²) in [6, 6.07) is 4.34. The predicted molar refractivity (Wildman–Crippen MR) is 81.0 cm³/mol. The van der Waals surface area contributed by atoms with Crippen LogP contribution in [0.4, 0.5) is 4.39 Å². The summed E-state index contributed by atoms with van der Waals surface area (Å²) in [5.41, 5.74) is 0.736. The van der Waals surface area contributed by atoms with Gasteiger partial charge in [-0.1, -0.05) is 19.4 Å². The van der Waals surface area contributed by atoms with E-state index in [2.05, 4.69) is 5.32 Å². The highest BCUT2D eigenvalue weighted by molar-refractivity contribution is 7.89. The average Bonchev–Trinajstić information content (AvgIpc) is 2.47. The molecule has 0 bridgehead atoms. The lowest BCUT2D eigenvalue weighted by Gasteiger charge is -2.34. The molecule has 4 nitrogen and oxygen atoms in total. The number of benzene rings is 1. The van der Waals surface area contributed by atoms with Crippen molar-refractivity contribution in [1.29, 1.82) is 0 Å². The van der Waals surface area contributed by atoms with Gasteiger partial charge < -0.3 is 5.32 Å². The van der Waals surface area contributed by atoms with E-state index >= 15 is 0 Å². The molecule has 1 saturated heterocycles. The van der Waals surface area contributed by atoms with Crippen molar-refractivity contribution in [3.8, 4) is 0 Å². The number of sulfonamides is 1. The largest absolute Gasteiger partial charge is 0.316 e. The summed E-state index contributed by atoms with van der Waals surface area (Å²) in [7, 11) is -1.98. The minimum atomic E-state index is -3.75. The van der Waals surface area contributed by atoms with E-state index in [1.54, 1.807) is 13.1 Å². The third kappa shape index (κ3) is 3.44. The molecule has 1 atom stereocenters. The van der Waals surface area contributed by atoms with Gasteiger partial charge in [-0.25, -0.2) is 12.8 Å². The third-order valence-corrected chi connectivity index (χ3v) is 5.99. The molecule has 1 fully saturated rings. The van der Waals surface area contributed by atoms with Gasteiger partial charge in [-0.3, -0.25) is 0 Å². The summed E-state index contributed by atoms with van der Waals surface area (Å²) >= 11 is 0. The topological polar surface area (TPSA) is 49.4 Å². The summed E-state index contributed by atoms with van der Waals surface area (Å²) in [5, 5.41) is 2.92. The van der Waals surface area contributed by atoms with Crippen LogP contribution in [0.2, 0.25) is 0 Å². The molecule has 1 heterocycles. The maximum Gasteiger partial charge on any atom is 0.246 e. The quantitative estimate of drug-likeness (QED) is 0.908. The van der Waals surface area contributed by atoms with Crippen LogP contribution < -0.4 is 5.32 Å². The van der Waals surface area contributed by atoms with E-state index in [0.717, 1.165) is 31.2 Å². The van der Waals surface area contributed by atoms with Crippen molar-refractivity contribution in [2.45, 2.75) is 50.1 Å². The van der Waals surface area contributed by atoms with Crippen molar-refractivity contribution in [2.75, 3.05) is 13.6 Å². The Hall–Kier alpha value is -0.980.